The molecule has 1 rings (SSSR count). The van der Waals surface area contributed by atoms with Crippen LogP contribution in [0.25, 0.3) is 0 Å². The smallest absolute Gasteiger partial charge is 0.145 e. The second kappa shape index (κ2) is 3.01. The van der Waals surface area contributed by atoms with Crippen molar-refractivity contribution in [2.24, 2.45) is 0 Å². The monoisotopic (exact) mass is 136 g/mol. The van der Waals surface area contributed by atoms with Crippen molar-refractivity contribution in [1.29, 1.82) is 0 Å². The molecule has 0 atom stereocenters. The zero-order valence-electron chi connectivity index (χ0n) is 5.54. The standard InChI is InChI=1S/C8H8O2/c1-7(6-9)5-8-3-2-4-10-8/h2-4,6H,1,5H2. The van der Waals surface area contributed by atoms with Gasteiger partial charge in [-0.1, -0.05) is 6.58 Å². The van der Waals surface area contributed by atoms with E-state index in [1.165, 1.54) is 0 Å². The number of furan rings is 1. The minimum atomic E-state index is 0.510. The molecule has 0 fully saturated rings. The summed E-state index contributed by atoms with van der Waals surface area (Å²) in [7, 11) is 0. The molecule has 2 heteroatoms. The van der Waals surface area contributed by atoms with Crippen molar-refractivity contribution < 1.29 is 9.21 Å². The Bertz CT molecular complexity index is 221. The molecule has 0 N–H and O–H groups in total. The van der Waals surface area contributed by atoms with Crippen LogP contribution in [0.4, 0.5) is 0 Å². The molecule has 1 aromatic heterocycles. The normalized spacial score (nSPS) is 9.20. The fourth-order valence-corrected chi connectivity index (χ4v) is 0.679. The maximum absolute atomic E-state index is 10.1. The summed E-state index contributed by atoms with van der Waals surface area (Å²) < 4.78 is 4.99. The van der Waals surface area contributed by atoms with E-state index in [2.05, 4.69) is 6.58 Å². The molecule has 2 nitrogen and oxygen atoms in total. The van der Waals surface area contributed by atoms with E-state index < -0.39 is 0 Å². The lowest BCUT2D eigenvalue weighted by molar-refractivity contribution is -0.105. The van der Waals surface area contributed by atoms with Gasteiger partial charge in [-0.05, 0) is 17.7 Å². The summed E-state index contributed by atoms with van der Waals surface area (Å²) in [6, 6.07) is 3.60. The van der Waals surface area contributed by atoms with Gasteiger partial charge in [0, 0.05) is 6.42 Å². The van der Waals surface area contributed by atoms with Crippen LogP contribution in [0.3, 0.4) is 0 Å². The average molecular weight is 136 g/mol. The van der Waals surface area contributed by atoms with Gasteiger partial charge in [-0.2, -0.15) is 0 Å². The van der Waals surface area contributed by atoms with E-state index in [1.807, 2.05) is 6.07 Å². The minimum absolute atomic E-state index is 0.510. The number of aldehydes is 1. The predicted molar refractivity (Wildman–Crippen MR) is 37.6 cm³/mol. The van der Waals surface area contributed by atoms with Gasteiger partial charge in [0.25, 0.3) is 0 Å². The molecule has 0 bridgehead atoms. The molecular formula is C8H8O2. The summed E-state index contributed by atoms with van der Waals surface area (Å²) in [6.07, 6.45) is 2.83. The van der Waals surface area contributed by atoms with Crippen molar-refractivity contribution in [3.05, 3.63) is 36.3 Å². The van der Waals surface area contributed by atoms with E-state index in [0.29, 0.717) is 12.0 Å². The maximum atomic E-state index is 10.1. The van der Waals surface area contributed by atoms with Gasteiger partial charge in [-0.25, -0.2) is 0 Å². The molecule has 0 saturated heterocycles. The molecule has 0 spiro atoms. The van der Waals surface area contributed by atoms with Gasteiger partial charge in [-0.15, -0.1) is 0 Å². The fraction of sp³-hybridized carbons (Fsp3) is 0.125. The average Bonchev–Trinajstić information content (AvgIpc) is 2.40. The van der Waals surface area contributed by atoms with Gasteiger partial charge >= 0.3 is 0 Å². The lowest BCUT2D eigenvalue weighted by Gasteiger charge is -1.90. The van der Waals surface area contributed by atoms with Crippen LogP contribution in [-0.4, -0.2) is 6.29 Å². The number of allylic oxidation sites excluding steroid dienone is 1. The van der Waals surface area contributed by atoms with Crippen molar-refractivity contribution >= 4 is 6.29 Å². The highest BCUT2D eigenvalue weighted by atomic mass is 16.3. The topological polar surface area (TPSA) is 30.2 Å². The van der Waals surface area contributed by atoms with Crippen LogP contribution in [0.2, 0.25) is 0 Å². The zero-order valence-corrected chi connectivity index (χ0v) is 5.54. The van der Waals surface area contributed by atoms with Crippen LogP contribution in [0.5, 0.6) is 0 Å². The Balaban J connectivity index is 2.56. The van der Waals surface area contributed by atoms with Gasteiger partial charge in [0.1, 0.15) is 12.0 Å². The highest BCUT2D eigenvalue weighted by Crippen LogP contribution is 2.04. The molecule has 0 saturated carbocycles. The summed E-state index contributed by atoms with van der Waals surface area (Å²) in [5, 5.41) is 0. The predicted octanol–water partition coefficient (Wildman–Crippen LogP) is 1.58. The van der Waals surface area contributed by atoms with E-state index >= 15 is 0 Å². The van der Waals surface area contributed by atoms with Crippen LogP contribution < -0.4 is 0 Å². The van der Waals surface area contributed by atoms with E-state index in [4.69, 9.17) is 4.42 Å². The Morgan fingerprint density at radius 3 is 3.10 bits per heavy atom. The number of carbonyl (C=O) groups is 1. The van der Waals surface area contributed by atoms with Crippen molar-refractivity contribution in [2.45, 2.75) is 6.42 Å². The Kier molecular flexibility index (Phi) is 2.05. The molecule has 0 aliphatic carbocycles. The lowest BCUT2D eigenvalue weighted by atomic mass is 10.2. The first kappa shape index (κ1) is 6.81. The van der Waals surface area contributed by atoms with E-state index in [9.17, 15) is 4.79 Å². The Morgan fingerprint density at radius 1 is 1.80 bits per heavy atom. The van der Waals surface area contributed by atoms with Crippen molar-refractivity contribution in [1.82, 2.24) is 0 Å². The highest BCUT2D eigenvalue weighted by Gasteiger charge is 1.96. The Labute approximate surface area is 59.2 Å². The molecule has 10 heavy (non-hydrogen) atoms. The molecule has 1 heterocycles. The van der Waals surface area contributed by atoms with Crippen LogP contribution in [-0.2, 0) is 11.2 Å². The third kappa shape index (κ3) is 1.58. The molecule has 0 aromatic carbocycles. The van der Waals surface area contributed by atoms with Gasteiger partial charge in [0.05, 0.1) is 6.26 Å². The fourth-order valence-electron chi connectivity index (χ4n) is 0.679. The highest BCUT2D eigenvalue weighted by molar-refractivity contribution is 5.72. The minimum Gasteiger partial charge on any atom is -0.469 e. The maximum Gasteiger partial charge on any atom is 0.145 e. The zero-order chi connectivity index (χ0) is 7.40. The van der Waals surface area contributed by atoms with Gasteiger partial charge in [0.15, 0.2) is 0 Å². The SMILES string of the molecule is C=C(C=O)Cc1ccco1. The molecule has 0 amide bonds. The van der Waals surface area contributed by atoms with Crippen molar-refractivity contribution in [2.75, 3.05) is 0 Å². The van der Waals surface area contributed by atoms with Crippen LogP contribution >= 0.6 is 0 Å². The van der Waals surface area contributed by atoms with Gasteiger partial charge in [-0.3, -0.25) is 4.79 Å². The van der Waals surface area contributed by atoms with Crippen LogP contribution in [0.15, 0.2) is 35.0 Å². The summed E-state index contributed by atoms with van der Waals surface area (Å²) in [5.74, 6) is 0.775. The van der Waals surface area contributed by atoms with Crippen molar-refractivity contribution in [3.63, 3.8) is 0 Å². The number of hydrogen-bond donors (Lipinski definition) is 0. The quantitative estimate of drug-likeness (QED) is 0.466. The third-order valence-electron chi connectivity index (χ3n) is 1.15. The first-order valence-corrected chi connectivity index (χ1v) is 2.98. The third-order valence-corrected chi connectivity index (χ3v) is 1.15. The summed E-state index contributed by atoms with van der Waals surface area (Å²) >= 11 is 0. The number of hydrogen-bond acceptors (Lipinski definition) is 2. The van der Waals surface area contributed by atoms with E-state index in [1.54, 1.807) is 12.3 Å². The molecule has 0 unspecified atom stereocenters. The second-order valence-corrected chi connectivity index (χ2v) is 2.03. The summed E-state index contributed by atoms with van der Waals surface area (Å²) in [4.78, 5) is 10.1. The Morgan fingerprint density at radius 2 is 2.60 bits per heavy atom. The van der Waals surface area contributed by atoms with E-state index in [-0.39, 0.29) is 0 Å². The van der Waals surface area contributed by atoms with Crippen LogP contribution in [0, 0.1) is 0 Å². The first-order valence-electron chi connectivity index (χ1n) is 2.98. The lowest BCUT2D eigenvalue weighted by Crippen LogP contribution is -1.86. The molecule has 0 aliphatic rings. The van der Waals surface area contributed by atoms with Gasteiger partial charge < -0.3 is 4.42 Å². The Hall–Kier alpha value is -1.31. The molecule has 0 aliphatic heterocycles. The molecular weight excluding hydrogens is 128 g/mol. The van der Waals surface area contributed by atoms with Gasteiger partial charge in [0.2, 0.25) is 0 Å². The molecule has 0 radical (unpaired) electrons. The summed E-state index contributed by atoms with van der Waals surface area (Å²) in [6.45, 7) is 3.52. The first-order chi connectivity index (χ1) is 4.83. The summed E-state index contributed by atoms with van der Waals surface area (Å²) in [5.41, 5.74) is 0.537. The molecule has 1 aromatic rings. The number of carbonyl (C=O) groups excluding carboxylic acids is 1. The molecule has 52 valence electrons. The van der Waals surface area contributed by atoms with Crippen molar-refractivity contribution in [3.8, 4) is 0 Å². The van der Waals surface area contributed by atoms with Crippen LogP contribution in [0.1, 0.15) is 5.76 Å². The number of rotatable bonds is 3. The van der Waals surface area contributed by atoms with E-state index in [0.717, 1.165) is 12.0 Å². The largest absolute Gasteiger partial charge is 0.469 e. The second-order valence-electron chi connectivity index (χ2n) is 2.03.